The topological polar surface area (TPSA) is 106 Å². The highest BCUT2D eigenvalue weighted by molar-refractivity contribution is 6.34. The minimum Gasteiger partial charge on any atom is -0.383 e. The lowest BCUT2D eigenvalue weighted by atomic mass is 10.0. The molecule has 2 aromatic heterocycles. The molecule has 1 aliphatic rings. The van der Waals surface area contributed by atoms with Gasteiger partial charge in [-0.3, -0.25) is 14.9 Å². The van der Waals surface area contributed by atoms with Crippen LogP contribution in [0.4, 0.5) is 5.82 Å². The Labute approximate surface area is 136 Å². The fourth-order valence-corrected chi connectivity index (χ4v) is 2.67. The third-order valence-corrected chi connectivity index (χ3v) is 3.80. The van der Waals surface area contributed by atoms with Gasteiger partial charge in [-0.15, -0.1) is 0 Å². The molecule has 0 atom stereocenters. The highest BCUT2D eigenvalue weighted by atomic mass is 16.2. The predicted octanol–water partition coefficient (Wildman–Crippen LogP) is 1.59. The molecule has 4 N–H and O–H groups in total. The standard InChI is InChI=1S/C17H13N5O2/c18-15-13-14(21-22(15)11-6-2-1-3-7-11)12(16(23)20-17(13)24)9-10-5-4-8-19-10/h1-9,19H,18H2,(H,20,23,24)/b12-9+. The minimum absolute atomic E-state index is 0.193. The normalized spacial score (nSPS) is 15.4. The summed E-state index contributed by atoms with van der Waals surface area (Å²) in [5.41, 5.74) is 8.33. The van der Waals surface area contributed by atoms with Gasteiger partial charge in [0.25, 0.3) is 11.8 Å². The van der Waals surface area contributed by atoms with Crippen molar-refractivity contribution in [1.82, 2.24) is 20.1 Å². The molecular weight excluding hydrogens is 306 g/mol. The second kappa shape index (κ2) is 5.24. The van der Waals surface area contributed by atoms with Crippen molar-refractivity contribution in [3.05, 3.63) is 65.6 Å². The monoisotopic (exact) mass is 319 g/mol. The first-order valence-corrected chi connectivity index (χ1v) is 7.30. The molecule has 3 heterocycles. The van der Waals surface area contributed by atoms with Gasteiger partial charge in [-0.05, 0) is 30.3 Å². The van der Waals surface area contributed by atoms with E-state index < -0.39 is 11.8 Å². The molecule has 24 heavy (non-hydrogen) atoms. The molecule has 118 valence electrons. The number of nitrogen functional groups attached to an aromatic ring is 1. The predicted molar refractivity (Wildman–Crippen MR) is 89.1 cm³/mol. The van der Waals surface area contributed by atoms with Crippen LogP contribution in [0, 0.1) is 0 Å². The largest absolute Gasteiger partial charge is 0.383 e. The molecule has 1 aromatic carbocycles. The molecule has 0 fully saturated rings. The highest BCUT2D eigenvalue weighted by Gasteiger charge is 2.34. The van der Waals surface area contributed by atoms with E-state index in [0.29, 0.717) is 5.69 Å². The van der Waals surface area contributed by atoms with Gasteiger partial charge >= 0.3 is 0 Å². The first-order valence-electron chi connectivity index (χ1n) is 7.30. The molecule has 0 spiro atoms. The number of amides is 2. The number of carbonyl (C=O) groups excluding carboxylic acids is 2. The summed E-state index contributed by atoms with van der Waals surface area (Å²) >= 11 is 0. The number of rotatable bonds is 2. The number of benzene rings is 1. The first-order chi connectivity index (χ1) is 11.6. The van der Waals surface area contributed by atoms with E-state index in [0.717, 1.165) is 5.69 Å². The zero-order valence-corrected chi connectivity index (χ0v) is 12.5. The van der Waals surface area contributed by atoms with Crippen molar-refractivity contribution < 1.29 is 9.59 Å². The van der Waals surface area contributed by atoms with Crippen LogP contribution in [0.15, 0.2) is 48.7 Å². The van der Waals surface area contributed by atoms with Gasteiger partial charge in [0.2, 0.25) is 0 Å². The number of imide groups is 1. The Bertz CT molecular complexity index is 968. The van der Waals surface area contributed by atoms with Crippen molar-refractivity contribution in [2.75, 3.05) is 5.73 Å². The molecule has 2 amide bonds. The van der Waals surface area contributed by atoms with E-state index in [1.165, 1.54) is 4.68 Å². The van der Waals surface area contributed by atoms with E-state index in [4.69, 9.17) is 5.73 Å². The molecule has 0 aliphatic carbocycles. The van der Waals surface area contributed by atoms with Crippen LogP contribution in [0.5, 0.6) is 0 Å². The molecule has 0 unspecified atom stereocenters. The van der Waals surface area contributed by atoms with Gasteiger partial charge in [-0.2, -0.15) is 5.10 Å². The number of aromatic amines is 1. The van der Waals surface area contributed by atoms with Gasteiger partial charge in [0.1, 0.15) is 17.1 Å². The summed E-state index contributed by atoms with van der Waals surface area (Å²) < 4.78 is 1.46. The number of hydrogen-bond acceptors (Lipinski definition) is 4. The van der Waals surface area contributed by atoms with Crippen molar-refractivity contribution in [1.29, 1.82) is 0 Å². The number of nitrogens with zero attached hydrogens (tertiary/aromatic N) is 2. The molecular formula is C17H13N5O2. The quantitative estimate of drug-likeness (QED) is 0.492. The van der Waals surface area contributed by atoms with Crippen molar-refractivity contribution in [3.63, 3.8) is 0 Å². The van der Waals surface area contributed by atoms with Crippen LogP contribution in [-0.4, -0.2) is 26.6 Å². The van der Waals surface area contributed by atoms with Crippen molar-refractivity contribution in [3.8, 4) is 5.69 Å². The van der Waals surface area contributed by atoms with Crippen LogP contribution in [0.2, 0.25) is 0 Å². The van der Waals surface area contributed by atoms with Gasteiger partial charge in [-0.1, -0.05) is 18.2 Å². The Morgan fingerprint density at radius 2 is 1.83 bits per heavy atom. The number of carbonyl (C=O) groups is 2. The van der Waals surface area contributed by atoms with Gasteiger partial charge in [0, 0.05) is 11.9 Å². The molecule has 0 bridgehead atoms. The van der Waals surface area contributed by atoms with Crippen LogP contribution in [0.1, 0.15) is 21.7 Å². The number of fused-ring (bicyclic) bond motifs is 1. The van der Waals surface area contributed by atoms with Crippen molar-refractivity contribution >= 4 is 29.3 Å². The van der Waals surface area contributed by atoms with Gasteiger partial charge in [-0.25, -0.2) is 4.68 Å². The smallest absolute Gasteiger partial charge is 0.264 e. The highest BCUT2D eigenvalue weighted by Crippen LogP contribution is 2.30. The zero-order valence-electron chi connectivity index (χ0n) is 12.5. The molecule has 0 saturated heterocycles. The van der Waals surface area contributed by atoms with E-state index in [1.54, 1.807) is 12.3 Å². The summed E-state index contributed by atoms with van der Waals surface area (Å²) in [5, 5.41) is 6.72. The molecule has 1 aliphatic heterocycles. The lowest BCUT2D eigenvalue weighted by Crippen LogP contribution is -2.36. The molecule has 3 aromatic rings. The minimum atomic E-state index is -0.543. The fourth-order valence-electron chi connectivity index (χ4n) is 2.67. The number of anilines is 1. The summed E-state index contributed by atoms with van der Waals surface area (Å²) in [5.74, 6) is -0.850. The van der Waals surface area contributed by atoms with E-state index in [9.17, 15) is 9.59 Å². The van der Waals surface area contributed by atoms with E-state index in [1.807, 2.05) is 42.5 Å². The lowest BCUT2D eigenvalue weighted by Gasteiger charge is -2.13. The molecule has 7 nitrogen and oxygen atoms in total. The zero-order chi connectivity index (χ0) is 16.7. The summed E-state index contributed by atoms with van der Waals surface area (Å²) in [6.07, 6.45) is 3.39. The number of hydrogen-bond donors (Lipinski definition) is 3. The number of H-pyrrole nitrogens is 1. The van der Waals surface area contributed by atoms with Gasteiger partial charge in [0.05, 0.1) is 11.3 Å². The third kappa shape index (κ3) is 2.11. The SMILES string of the molecule is Nc1c2c(nn1-c1ccccc1)/C(=C\c1ccc[nH]1)C(=O)NC2=O. The Hall–Kier alpha value is -3.61. The Balaban J connectivity index is 1.93. The fraction of sp³-hybridized carbons (Fsp3) is 0. The molecule has 4 rings (SSSR count). The number of nitrogens with two attached hydrogens (primary N) is 1. The maximum Gasteiger partial charge on any atom is 0.264 e. The van der Waals surface area contributed by atoms with Crippen LogP contribution in [0.3, 0.4) is 0 Å². The van der Waals surface area contributed by atoms with E-state index in [2.05, 4.69) is 15.4 Å². The molecule has 7 heteroatoms. The Morgan fingerprint density at radius 1 is 1.04 bits per heavy atom. The number of aromatic nitrogens is 3. The maximum absolute atomic E-state index is 12.2. The number of para-hydroxylation sites is 1. The Kier molecular flexibility index (Phi) is 3.06. The maximum atomic E-state index is 12.2. The third-order valence-electron chi connectivity index (χ3n) is 3.80. The summed E-state index contributed by atoms with van der Waals surface area (Å²) in [6.45, 7) is 0. The first kappa shape index (κ1) is 14.0. The average molecular weight is 319 g/mol. The second-order valence-corrected chi connectivity index (χ2v) is 5.32. The summed E-state index contributed by atoms with van der Waals surface area (Å²) in [6, 6.07) is 12.8. The Morgan fingerprint density at radius 3 is 2.54 bits per heavy atom. The second-order valence-electron chi connectivity index (χ2n) is 5.32. The van der Waals surface area contributed by atoms with E-state index >= 15 is 0 Å². The lowest BCUT2D eigenvalue weighted by molar-refractivity contribution is -0.114. The summed E-state index contributed by atoms with van der Waals surface area (Å²) in [7, 11) is 0. The van der Waals surface area contributed by atoms with Gasteiger partial charge in [0.15, 0.2) is 0 Å². The van der Waals surface area contributed by atoms with Crippen LogP contribution >= 0.6 is 0 Å². The van der Waals surface area contributed by atoms with Crippen molar-refractivity contribution in [2.45, 2.75) is 0 Å². The van der Waals surface area contributed by atoms with Crippen LogP contribution in [0.25, 0.3) is 17.3 Å². The number of nitrogens with one attached hydrogen (secondary N) is 2. The van der Waals surface area contributed by atoms with Gasteiger partial charge < -0.3 is 10.7 Å². The average Bonchev–Trinajstić information content (AvgIpc) is 3.20. The van der Waals surface area contributed by atoms with Crippen LogP contribution in [-0.2, 0) is 4.79 Å². The van der Waals surface area contributed by atoms with Crippen LogP contribution < -0.4 is 11.1 Å². The molecule has 0 radical (unpaired) electrons. The van der Waals surface area contributed by atoms with E-state index in [-0.39, 0.29) is 22.6 Å². The molecule has 0 saturated carbocycles. The summed E-state index contributed by atoms with van der Waals surface area (Å²) in [4.78, 5) is 27.4. The van der Waals surface area contributed by atoms with Crippen molar-refractivity contribution in [2.24, 2.45) is 0 Å².